The van der Waals surface area contributed by atoms with Crippen LogP contribution in [0.25, 0.3) is 11.5 Å². The summed E-state index contributed by atoms with van der Waals surface area (Å²) in [5.74, 6) is 0.801. The first-order chi connectivity index (χ1) is 7.26. The number of hydrogen-bond donors (Lipinski definition) is 1. The summed E-state index contributed by atoms with van der Waals surface area (Å²) in [6, 6.07) is 1.95. The Morgan fingerprint density at radius 1 is 1.40 bits per heavy atom. The second kappa shape index (κ2) is 3.98. The van der Waals surface area contributed by atoms with Crippen molar-refractivity contribution >= 4 is 12.2 Å². The van der Waals surface area contributed by atoms with Gasteiger partial charge in [-0.2, -0.15) is 10.2 Å². The van der Waals surface area contributed by atoms with Gasteiger partial charge in [-0.05, 0) is 32.1 Å². The third-order valence-corrected chi connectivity index (χ3v) is 2.58. The first kappa shape index (κ1) is 10.1. The monoisotopic (exact) mass is 223 g/mol. The van der Waals surface area contributed by atoms with Crippen molar-refractivity contribution < 1.29 is 0 Å². The second-order valence-electron chi connectivity index (χ2n) is 3.15. The molecule has 2 heterocycles. The molecule has 0 atom stereocenters. The minimum Gasteiger partial charge on any atom is -0.299 e. The van der Waals surface area contributed by atoms with Crippen molar-refractivity contribution in [2.45, 2.75) is 26.9 Å². The first-order valence-corrected chi connectivity index (χ1v) is 5.36. The summed E-state index contributed by atoms with van der Waals surface area (Å²) in [5, 5.41) is 11.3. The number of aromatic amines is 1. The summed E-state index contributed by atoms with van der Waals surface area (Å²) in [6.07, 6.45) is 1.94. The second-order valence-corrected chi connectivity index (χ2v) is 3.54. The van der Waals surface area contributed by atoms with Gasteiger partial charge in [0.1, 0.15) is 5.69 Å². The van der Waals surface area contributed by atoms with Gasteiger partial charge in [0.05, 0.1) is 0 Å². The smallest absolute Gasteiger partial charge is 0.195 e. The maximum absolute atomic E-state index is 5.12. The Kier molecular flexibility index (Phi) is 2.68. The van der Waals surface area contributed by atoms with Crippen LogP contribution in [0.2, 0.25) is 0 Å². The van der Waals surface area contributed by atoms with E-state index >= 15 is 0 Å². The van der Waals surface area contributed by atoms with E-state index in [4.69, 9.17) is 12.2 Å². The van der Waals surface area contributed by atoms with E-state index < -0.39 is 0 Å². The minimum atomic E-state index is 0.638. The van der Waals surface area contributed by atoms with Crippen molar-refractivity contribution in [1.82, 2.24) is 24.5 Å². The Labute approximate surface area is 92.7 Å². The molecule has 2 aromatic rings. The number of nitrogens with zero attached hydrogens (tertiary/aromatic N) is 4. The van der Waals surface area contributed by atoms with E-state index in [9.17, 15) is 0 Å². The highest BCUT2D eigenvalue weighted by molar-refractivity contribution is 7.71. The zero-order chi connectivity index (χ0) is 10.8. The summed E-state index contributed by atoms with van der Waals surface area (Å²) in [5.41, 5.74) is 0.853. The fourth-order valence-electron chi connectivity index (χ4n) is 1.46. The van der Waals surface area contributed by atoms with Gasteiger partial charge in [0.25, 0.3) is 0 Å². The molecule has 0 aliphatic heterocycles. The molecule has 0 bridgehead atoms. The Morgan fingerprint density at radius 2 is 2.20 bits per heavy atom. The van der Waals surface area contributed by atoms with E-state index in [0.29, 0.717) is 4.77 Å². The highest BCUT2D eigenvalue weighted by Gasteiger charge is 2.09. The number of rotatable bonds is 3. The number of aryl methyl sites for hydroxylation is 1. The van der Waals surface area contributed by atoms with Crippen LogP contribution >= 0.6 is 12.2 Å². The van der Waals surface area contributed by atoms with Gasteiger partial charge in [0.2, 0.25) is 0 Å². The summed E-state index contributed by atoms with van der Waals surface area (Å²) >= 11 is 5.12. The lowest BCUT2D eigenvalue weighted by atomic mass is 10.4. The van der Waals surface area contributed by atoms with Crippen molar-refractivity contribution in [2.75, 3.05) is 0 Å². The van der Waals surface area contributed by atoms with Crippen molar-refractivity contribution in [2.24, 2.45) is 0 Å². The molecule has 0 saturated heterocycles. The molecule has 6 heteroatoms. The maximum atomic E-state index is 5.12. The van der Waals surface area contributed by atoms with Crippen molar-refractivity contribution in [3.8, 4) is 11.5 Å². The highest BCUT2D eigenvalue weighted by Crippen LogP contribution is 2.14. The SMILES string of the molecule is CCn1ccc(-c2n[nH]c(=S)n2CC)n1. The number of aromatic nitrogens is 5. The molecular formula is C9H13N5S. The molecule has 0 spiro atoms. The standard InChI is InChI=1S/C9H13N5S/c1-3-13-6-5-7(12-13)8-10-11-9(15)14(8)4-2/h5-6H,3-4H2,1-2H3,(H,11,15). The highest BCUT2D eigenvalue weighted by atomic mass is 32.1. The average Bonchev–Trinajstić information content (AvgIpc) is 2.83. The maximum Gasteiger partial charge on any atom is 0.195 e. The molecule has 0 aromatic carbocycles. The third kappa shape index (κ3) is 1.72. The van der Waals surface area contributed by atoms with Gasteiger partial charge < -0.3 is 0 Å². The van der Waals surface area contributed by atoms with Gasteiger partial charge in [0.15, 0.2) is 10.6 Å². The molecule has 5 nitrogen and oxygen atoms in total. The Hall–Kier alpha value is -1.43. The van der Waals surface area contributed by atoms with Crippen LogP contribution in [0.3, 0.4) is 0 Å². The third-order valence-electron chi connectivity index (χ3n) is 2.27. The molecule has 1 N–H and O–H groups in total. The van der Waals surface area contributed by atoms with Crippen LogP contribution in [0.4, 0.5) is 0 Å². The topological polar surface area (TPSA) is 51.4 Å². The lowest BCUT2D eigenvalue weighted by molar-refractivity contribution is 0.658. The molecule has 0 saturated carbocycles. The first-order valence-electron chi connectivity index (χ1n) is 4.95. The molecule has 0 aliphatic carbocycles. The summed E-state index contributed by atoms with van der Waals surface area (Å²) < 4.78 is 4.43. The van der Waals surface area contributed by atoms with Crippen LogP contribution in [0.15, 0.2) is 12.3 Å². The molecule has 2 aromatic heterocycles. The van der Waals surface area contributed by atoms with Gasteiger partial charge in [-0.25, -0.2) is 0 Å². The predicted octanol–water partition coefficient (Wildman–Crippen LogP) is 1.84. The molecule has 80 valence electrons. The lowest BCUT2D eigenvalue weighted by Crippen LogP contribution is -1.99. The van der Waals surface area contributed by atoms with Crippen LogP contribution < -0.4 is 0 Å². The van der Waals surface area contributed by atoms with Gasteiger partial charge >= 0.3 is 0 Å². The van der Waals surface area contributed by atoms with E-state index in [1.807, 2.05) is 35.4 Å². The average molecular weight is 223 g/mol. The number of hydrogen-bond acceptors (Lipinski definition) is 3. The van der Waals surface area contributed by atoms with Crippen LogP contribution in [-0.2, 0) is 13.1 Å². The molecule has 2 rings (SSSR count). The largest absolute Gasteiger partial charge is 0.299 e. The van der Waals surface area contributed by atoms with E-state index in [1.165, 1.54) is 0 Å². The molecule has 0 fully saturated rings. The van der Waals surface area contributed by atoms with Gasteiger partial charge in [-0.3, -0.25) is 14.3 Å². The molecule has 0 radical (unpaired) electrons. The van der Waals surface area contributed by atoms with E-state index in [-0.39, 0.29) is 0 Å². The van der Waals surface area contributed by atoms with Crippen molar-refractivity contribution in [3.05, 3.63) is 17.0 Å². The Bertz CT molecular complexity index is 507. The summed E-state index contributed by atoms with van der Waals surface area (Å²) in [4.78, 5) is 0. The van der Waals surface area contributed by atoms with E-state index in [0.717, 1.165) is 24.6 Å². The summed E-state index contributed by atoms with van der Waals surface area (Å²) in [7, 11) is 0. The number of H-pyrrole nitrogens is 1. The molecular weight excluding hydrogens is 210 g/mol. The zero-order valence-corrected chi connectivity index (χ0v) is 9.58. The Balaban J connectivity index is 2.48. The summed E-state index contributed by atoms with van der Waals surface area (Å²) in [6.45, 7) is 5.74. The van der Waals surface area contributed by atoms with Crippen molar-refractivity contribution in [3.63, 3.8) is 0 Å². The van der Waals surface area contributed by atoms with E-state index in [1.54, 1.807) is 0 Å². The van der Waals surface area contributed by atoms with E-state index in [2.05, 4.69) is 15.3 Å². The van der Waals surface area contributed by atoms with Crippen molar-refractivity contribution in [1.29, 1.82) is 0 Å². The normalized spacial score (nSPS) is 10.8. The quantitative estimate of drug-likeness (QED) is 0.808. The van der Waals surface area contributed by atoms with Crippen LogP contribution in [-0.4, -0.2) is 24.5 Å². The fraction of sp³-hybridized carbons (Fsp3) is 0.444. The van der Waals surface area contributed by atoms with Gasteiger partial charge in [-0.15, -0.1) is 0 Å². The van der Waals surface area contributed by atoms with Crippen LogP contribution in [0.1, 0.15) is 13.8 Å². The predicted molar refractivity (Wildman–Crippen MR) is 60.0 cm³/mol. The van der Waals surface area contributed by atoms with Gasteiger partial charge in [-0.1, -0.05) is 0 Å². The Morgan fingerprint density at radius 3 is 2.80 bits per heavy atom. The zero-order valence-electron chi connectivity index (χ0n) is 8.77. The van der Waals surface area contributed by atoms with Gasteiger partial charge in [0, 0.05) is 19.3 Å². The molecule has 0 unspecified atom stereocenters. The lowest BCUT2D eigenvalue weighted by Gasteiger charge is -1.99. The van der Waals surface area contributed by atoms with Crippen LogP contribution in [0, 0.1) is 4.77 Å². The van der Waals surface area contributed by atoms with Crippen LogP contribution in [0.5, 0.6) is 0 Å². The number of nitrogens with one attached hydrogen (secondary N) is 1. The molecule has 15 heavy (non-hydrogen) atoms. The molecule has 0 amide bonds. The fourth-order valence-corrected chi connectivity index (χ4v) is 1.72. The minimum absolute atomic E-state index is 0.638. The molecule has 0 aliphatic rings.